The fourth-order valence-electron chi connectivity index (χ4n) is 3.53. The van der Waals surface area contributed by atoms with Gasteiger partial charge in [-0.2, -0.15) is 0 Å². The Morgan fingerprint density at radius 3 is 1.93 bits per heavy atom. The third kappa shape index (κ3) is 5.19. The zero-order valence-corrected chi connectivity index (χ0v) is 19.9. The van der Waals surface area contributed by atoms with E-state index >= 15 is 0 Å². The molecule has 30 heavy (non-hydrogen) atoms. The second-order valence-electron chi connectivity index (χ2n) is 7.15. The van der Waals surface area contributed by atoms with E-state index in [1.54, 1.807) is 0 Å². The number of hydrogen-bond donors (Lipinski definition) is 0. The van der Waals surface area contributed by atoms with Crippen LogP contribution >= 0.6 is 28.4 Å². The van der Waals surface area contributed by atoms with Crippen molar-refractivity contribution in [1.82, 2.24) is 0 Å². The van der Waals surface area contributed by atoms with Crippen molar-refractivity contribution in [1.29, 1.82) is 0 Å². The van der Waals surface area contributed by atoms with E-state index < -0.39 is 7.20 Å². The lowest BCUT2D eigenvalue weighted by atomic mass is 10.2. The number of hydrogen-bond acceptors (Lipinski definition) is 3. The summed E-state index contributed by atoms with van der Waals surface area (Å²) < 4.78 is 17.2. The Balaban J connectivity index is 1.45. The van der Waals surface area contributed by atoms with Crippen LogP contribution in [0, 0.1) is 0 Å². The first kappa shape index (κ1) is 21.7. The Labute approximate surface area is 192 Å². The van der Waals surface area contributed by atoms with Crippen LogP contribution in [-0.2, 0) is 9.47 Å². The molecule has 1 fully saturated rings. The lowest BCUT2D eigenvalue weighted by Gasteiger charge is -2.35. The van der Waals surface area contributed by atoms with Crippen LogP contribution in [0.1, 0.15) is 19.3 Å². The van der Waals surface area contributed by atoms with Gasteiger partial charge < -0.3 is 14.2 Å². The van der Waals surface area contributed by atoms with E-state index in [1.165, 1.54) is 21.1 Å². The molecule has 5 heteroatoms. The maximum Gasteiger partial charge on any atom is 0.157 e. The molecule has 0 aromatic heterocycles. The molecule has 0 amide bonds. The predicted molar refractivity (Wildman–Crippen MR) is 131 cm³/mol. The molecule has 3 aromatic rings. The minimum Gasteiger partial charge on any atom is -0.491 e. The molecule has 0 radical (unpaired) electrons. The van der Waals surface area contributed by atoms with Gasteiger partial charge in [-0.3, -0.25) is 0 Å². The van der Waals surface area contributed by atoms with E-state index in [0.717, 1.165) is 25.2 Å². The fourth-order valence-corrected chi connectivity index (χ4v) is 8.56. The van der Waals surface area contributed by atoms with Crippen molar-refractivity contribution in [3.05, 3.63) is 84.9 Å². The smallest absolute Gasteiger partial charge is 0.157 e. The molecule has 0 aliphatic carbocycles. The van der Waals surface area contributed by atoms with Gasteiger partial charge in [0.15, 0.2) is 6.29 Å². The highest BCUT2D eigenvalue weighted by molar-refractivity contribution is 14.2. The molecule has 1 unspecified atom stereocenters. The monoisotopic (exact) mass is 534 g/mol. The quantitative estimate of drug-likeness (QED) is 0.225. The van der Waals surface area contributed by atoms with E-state index in [9.17, 15) is 0 Å². The summed E-state index contributed by atoms with van der Waals surface area (Å²) >= 11 is 2.65. The van der Waals surface area contributed by atoms with Crippen molar-refractivity contribution in [3.63, 3.8) is 0 Å². The van der Waals surface area contributed by atoms with Gasteiger partial charge in [-0.15, -0.1) is 7.20 Å². The molecule has 1 aliphatic rings. The van der Waals surface area contributed by atoms with E-state index in [-0.39, 0.29) is 6.29 Å². The maximum absolute atomic E-state index is 5.90. The molecule has 1 saturated heterocycles. The van der Waals surface area contributed by atoms with Crippen LogP contribution < -0.4 is 4.74 Å². The summed E-state index contributed by atoms with van der Waals surface area (Å²) in [5.74, 6) is 0.867. The minimum atomic E-state index is -1.36. The molecule has 158 valence electrons. The Morgan fingerprint density at radius 1 is 0.767 bits per heavy atom. The summed E-state index contributed by atoms with van der Waals surface area (Å²) in [6.45, 7) is 1.87. The molecule has 0 N–H and O–H groups in total. The second-order valence-corrected chi connectivity index (χ2v) is 13.6. The van der Waals surface area contributed by atoms with Crippen molar-refractivity contribution in [2.45, 2.75) is 40.2 Å². The van der Waals surface area contributed by atoms with E-state index in [4.69, 9.17) is 14.2 Å². The van der Waals surface area contributed by atoms with Gasteiger partial charge in [-0.25, -0.2) is 0 Å². The van der Waals surface area contributed by atoms with Gasteiger partial charge in [-0.05, 0) is 89.0 Å². The van der Waals surface area contributed by atoms with Gasteiger partial charge in [-0.1, -0.05) is 36.4 Å². The highest BCUT2D eigenvalue weighted by Crippen LogP contribution is 2.74. The lowest BCUT2D eigenvalue weighted by Crippen LogP contribution is -2.24. The molecular weight excluding hydrogens is 507 g/mol. The van der Waals surface area contributed by atoms with Crippen molar-refractivity contribution >= 4 is 28.4 Å². The van der Waals surface area contributed by atoms with Crippen molar-refractivity contribution in [2.24, 2.45) is 0 Å². The average Bonchev–Trinajstić information content (AvgIpc) is 2.83. The van der Waals surface area contributed by atoms with Crippen LogP contribution in [0.25, 0.3) is 0 Å². The number of halogens is 1. The molecule has 4 rings (SSSR count). The first-order valence-electron chi connectivity index (χ1n) is 10.4. The lowest BCUT2D eigenvalue weighted by molar-refractivity contribution is -0.165. The van der Waals surface area contributed by atoms with Crippen LogP contribution in [0.3, 0.4) is 0 Å². The van der Waals surface area contributed by atoms with Gasteiger partial charge in [0, 0.05) is 21.3 Å². The molecule has 1 heterocycles. The summed E-state index contributed by atoms with van der Waals surface area (Å²) in [6, 6.07) is 30.0. The van der Waals surface area contributed by atoms with Crippen LogP contribution in [-0.4, -0.2) is 26.1 Å². The Bertz CT molecular complexity index is 857. The third-order valence-electron chi connectivity index (χ3n) is 5.08. The first-order valence-corrected chi connectivity index (χ1v) is 14.5. The van der Waals surface area contributed by atoms with Gasteiger partial charge in [0.05, 0.1) is 6.61 Å². The topological polar surface area (TPSA) is 27.7 Å². The molecular formula is C25H27IO3S. The SMILES string of the molecule is IS(c1ccccc1)(c1ccccc1)c1ccc(OCCOC2CCCCO2)cc1. The van der Waals surface area contributed by atoms with E-state index in [2.05, 4.69) is 106 Å². The van der Waals surface area contributed by atoms with Crippen LogP contribution in [0.15, 0.2) is 99.6 Å². The van der Waals surface area contributed by atoms with Crippen molar-refractivity contribution in [3.8, 4) is 5.75 Å². The zero-order chi connectivity index (χ0) is 20.7. The second kappa shape index (κ2) is 10.7. The summed E-state index contributed by atoms with van der Waals surface area (Å²) in [5, 5.41) is 0. The molecule has 1 atom stereocenters. The minimum absolute atomic E-state index is 0.0651. The third-order valence-corrected chi connectivity index (χ3v) is 12.4. The summed E-state index contributed by atoms with van der Waals surface area (Å²) in [5.41, 5.74) is 0. The normalized spacial score (nSPS) is 17.4. The molecule has 3 nitrogen and oxygen atoms in total. The standard InChI is InChI=1S/C25H27IO3S/c26-30(22-9-3-1-4-10-22,23-11-5-2-6-12-23)24-16-14-21(15-17-24)27-19-20-29-25-13-7-8-18-28-25/h1-6,9-12,14-17,25H,7-8,13,18-20H2. The number of rotatable bonds is 8. The Kier molecular flexibility index (Phi) is 7.71. The number of ether oxygens (including phenoxy) is 3. The van der Waals surface area contributed by atoms with Gasteiger partial charge in [0.1, 0.15) is 12.4 Å². The molecule has 0 bridgehead atoms. The number of benzene rings is 3. The zero-order valence-electron chi connectivity index (χ0n) is 16.9. The summed E-state index contributed by atoms with van der Waals surface area (Å²) in [6.07, 6.45) is 3.23. The van der Waals surface area contributed by atoms with Crippen molar-refractivity contribution < 1.29 is 14.2 Å². The van der Waals surface area contributed by atoms with Gasteiger partial charge in [0.2, 0.25) is 0 Å². The highest BCUT2D eigenvalue weighted by Gasteiger charge is 2.27. The highest BCUT2D eigenvalue weighted by atomic mass is 127. The van der Waals surface area contributed by atoms with Gasteiger partial charge in [0.25, 0.3) is 0 Å². The van der Waals surface area contributed by atoms with Crippen LogP contribution in [0.4, 0.5) is 0 Å². The predicted octanol–water partition coefficient (Wildman–Crippen LogP) is 7.24. The van der Waals surface area contributed by atoms with E-state index in [1.807, 2.05) is 0 Å². The molecule has 1 aliphatic heterocycles. The maximum atomic E-state index is 5.90. The van der Waals surface area contributed by atoms with Crippen LogP contribution in [0.2, 0.25) is 0 Å². The molecule has 3 aromatic carbocycles. The average molecular weight is 534 g/mol. The van der Waals surface area contributed by atoms with Crippen LogP contribution in [0.5, 0.6) is 5.75 Å². The summed E-state index contributed by atoms with van der Waals surface area (Å²) in [7, 11) is -1.36. The van der Waals surface area contributed by atoms with Gasteiger partial charge >= 0.3 is 0 Å². The summed E-state index contributed by atoms with van der Waals surface area (Å²) in [4.78, 5) is 3.98. The first-order chi connectivity index (χ1) is 14.8. The fraction of sp³-hybridized carbons (Fsp3) is 0.280. The van der Waals surface area contributed by atoms with E-state index in [0.29, 0.717) is 13.2 Å². The Morgan fingerprint density at radius 2 is 1.37 bits per heavy atom. The van der Waals surface area contributed by atoms with Crippen molar-refractivity contribution in [2.75, 3.05) is 19.8 Å². The molecule has 0 saturated carbocycles. The largest absolute Gasteiger partial charge is 0.491 e. The Hall–Kier alpha value is -1.54. The molecule has 0 spiro atoms.